The van der Waals surface area contributed by atoms with Crippen molar-refractivity contribution in [1.29, 1.82) is 0 Å². The van der Waals surface area contributed by atoms with Crippen molar-refractivity contribution in [3.63, 3.8) is 0 Å². The Morgan fingerprint density at radius 1 is 1.58 bits per heavy atom. The summed E-state index contributed by atoms with van der Waals surface area (Å²) in [6, 6.07) is -0.300. The second kappa shape index (κ2) is 2.80. The van der Waals surface area contributed by atoms with E-state index in [2.05, 4.69) is 10.6 Å². The molecule has 0 aromatic rings. The van der Waals surface area contributed by atoms with Crippen molar-refractivity contribution < 1.29 is 9.90 Å². The van der Waals surface area contributed by atoms with E-state index in [4.69, 9.17) is 0 Å². The molecule has 0 amide bonds. The van der Waals surface area contributed by atoms with Gasteiger partial charge in [0.1, 0.15) is 5.60 Å². The van der Waals surface area contributed by atoms with E-state index in [1.54, 1.807) is 0 Å². The van der Waals surface area contributed by atoms with Gasteiger partial charge in [-0.2, -0.15) is 0 Å². The molecular weight excluding hydrogens is 156 g/mol. The number of piperazine rings is 1. The third-order valence-corrected chi connectivity index (χ3v) is 2.46. The summed E-state index contributed by atoms with van der Waals surface area (Å²) in [5, 5.41) is 16.8. The van der Waals surface area contributed by atoms with Gasteiger partial charge in [0.05, 0.1) is 6.04 Å². The van der Waals surface area contributed by atoms with Crippen molar-refractivity contribution in [2.45, 2.75) is 24.5 Å². The zero-order chi connectivity index (χ0) is 8.60. The van der Waals surface area contributed by atoms with Crippen LogP contribution >= 0.6 is 0 Å². The molecule has 4 heteroatoms. The van der Waals surface area contributed by atoms with Crippen molar-refractivity contribution in [2.75, 3.05) is 19.6 Å². The van der Waals surface area contributed by atoms with Gasteiger partial charge >= 0.3 is 0 Å². The fraction of sp³-hybridized carbons (Fsp3) is 0.875. The number of hydrogen-bond acceptors (Lipinski definition) is 3. The Kier molecular flexibility index (Phi) is 1.90. The van der Waals surface area contributed by atoms with Gasteiger partial charge in [-0.05, 0) is 12.8 Å². The summed E-state index contributed by atoms with van der Waals surface area (Å²) in [6.07, 6.45) is 1.25. The number of carbonyl (C=O) groups is 1. The molecule has 2 rings (SSSR count). The highest BCUT2D eigenvalue weighted by atomic mass is 16.3. The van der Waals surface area contributed by atoms with Gasteiger partial charge in [0, 0.05) is 19.6 Å². The highest BCUT2D eigenvalue weighted by Gasteiger charge is 2.50. The number of rotatable bonds is 2. The Morgan fingerprint density at radius 3 is 2.83 bits per heavy atom. The van der Waals surface area contributed by atoms with Gasteiger partial charge in [0.25, 0.3) is 0 Å². The van der Waals surface area contributed by atoms with Crippen LogP contribution in [0.1, 0.15) is 12.8 Å². The van der Waals surface area contributed by atoms with Crippen LogP contribution in [0.4, 0.5) is 0 Å². The minimum atomic E-state index is -1.01. The molecular formula is C8H13N2O2. The Bertz CT molecular complexity index is 195. The van der Waals surface area contributed by atoms with E-state index in [0.29, 0.717) is 25.9 Å². The van der Waals surface area contributed by atoms with Crippen LogP contribution in [0, 0.1) is 0 Å². The predicted molar refractivity (Wildman–Crippen MR) is 42.8 cm³/mol. The van der Waals surface area contributed by atoms with E-state index in [9.17, 15) is 9.90 Å². The van der Waals surface area contributed by atoms with Crippen LogP contribution in [-0.4, -0.2) is 42.2 Å². The maximum absolute atomic E-state index is 11.5. The van der Waals surface area contributed by atoms with E-state index in [-0.39, 0.29) is 11.8 Å². The zero-order valence-electron chi connectivity index (χ0n) is 6.92. The van der Waals surface area contributed by atoms with Crippen LogP contribution in [0.3, 0.4) is 0 Å². The summed E-state index contributed by atoms with van der Waals surface area (Å²) in [5.74, 6) is -0.0882. The summed E-state index contributed by atoms with van der Waals surface area (Å²) in [4.78, 5) is 11.5. The second-order valence-corrected chi connectivity index (χ2v) is 3.52. The standard InChI is InChI=1S/C8H13N2O2/c11-7(8(12)1-2-8)6-5-9-3-4-10-6/h6,9,12H,1-5H2. The molecule has 1 aliphatic heterocycles. The molecule has 1 saturated carbocycles. The molecule has 2 aliphatic rings. The third kappa shape index (κ3) is 1.37. The van der Waals surface area contributed by atoms with Crippen molar-refractivity contribution in [2.24, 2.45) is 0 Å². The fourth-order valence-corrected chi connectivity index (χ4v) is 1.45. The number of hydrogen-bond donors (Lipinski definition) is 2. The summed E-state index contributed by atoms with van der Waals surface area (Å²) < 4.78 is 0. The predicted octanol–water partition coefficient (Wildman–Crippen LogP) is -1.34. The van der Waals surface area contributed by atoms with E-state index < -0.39 is 5.60 Å². The van der Waals surface area contributed by atoms with Gasteiger partial charge in [-0.1, -0.05) is 0 Å². The molecule has 1 radical (unpaired) electrons. The molecule has 12 heavy (non-hydrogen) atoms. The average molecular weight is 169 g/mol. The number of ketones is 1. The Hall–Kier alpha value is -0.450. The number of nitrogens with one attached hydrogen (secondary N) is 1. The lowest BCUT2D eigenvalue weighted by atomic mass is 10.0. The number of carbonyl (C=O) groups excluding carboxylic acids is 1. The van der Waals surface area contributed by atoms with Crippen molar-refractivity contribution >= 4 is 5.78 Å². The molecule has 0 bridgehead atoms. The SMILES string of the molecule is O=C(C1CNCC[N]1)C1(O)CC1. The number of Topliss-reactive ketones (excluding diaryl/α,β-unsaturated/α-hetero) is 1. The Morgan fingerprint density at radius 2 is 2.33 bits per heavy atom. The maximum Gasteiger partial charge on any atom is 0.184 e. The topological polar surface area (TPSA) is 63.4 Å². The lowest BCUT2D eigenvalue weighted by Crippen LogP contribution is -2.52. The normalized spacial score (nSPS) is 32.9. The van der Waals surface area contributed by atoms with Crippen LogP contribution in [0.2, 0.25) is 0 Å². The molecule has 1 atom stereocenters. The van der Waals surface area contributed by atoms with Crippen LogP contribution < -0.4 is 10.6 Å². The van der Waals surface area contributed by atoms with E-state index >= 15 is 0 Å². The first-order valence-corrected chi connectivity index (χ1v) is 4.36. The molecule has 4 nitrogen and oxygen atoms in total. The monoisotopic (exact) mass is 169 g/mol. The van der Waals surface area contributed by atoms with E-state index in [0.717, 1.165) is 6.54 Å². The lowest BCUT2D eigenvalue weighted by Gasteiger charge is -2.23. The summed E-state index contributed by atoms with van der Waals surface area (Å²) >= 11 is 0. The van der Waals surface area contributed by atoms with Crippen molar-refractivity contribution in [3.8, 4) is 0 Å². The second-order valence-electron chi connectivity index (χ2n) is 3.52. The van der Waals surface area contributed by atoms with E-state index in [1.165, 1.54) is 0 Å². The molecule has 0 aromatic heterocycles. The molecule has 1 aliphatic carbocycles. The zero-order valence-corrected chi connectivity index (χ0v) is 6.92. The maximum atomic E-state index is 11.5. The van der Waals surface area contributed by atoms with Crippen LogP contribution in [0.25, 0.3) is 0 Å². The molecule has 0 aromatic carbocycles. The van der Waals surface area contributed by atoms with Gasteiger partial charge in [-0.25, -0.2) is 5.32 Å². The van der Waals surface area contributed by atoms with Crippen molar-refractivity contribution in [1.82, 2.24) is 10.6 Å². The van der Waals surface area contributed by atoms with Gasteiger partial charge in [-0.15, -0.1) is 0 Å². The summed E-state index contributed by atoms with van der Waals surface area (Å²) in [5.41, 5.74) is -1.01. The molecule has 2 fully saturated rings. The number of aliphatic hydroxyl groups is 1. The summed E-state index contributed by atoms with van der Waals surface area (Å²) in [6.45, 7) is 2.13. The Balaban J connectivity index is 1.94. The number of nitrogens with zero attached hydrogens (tertiary/aromatic N) is 1. The fourth-order valence-electron chi connectivity index (χ4n) is 1.45. The quantitative estimate of drug-likeness (QED) is 0.537. The van der Waals surface area contributed by atoms with Gasteiger partial charge in [0.2, 0.25) is 0 Å². The first-order chi connectivity index (χ1) is 5.72. The van der Waals surface area contributed by atoms with Crippen LogP contribution in [0.5, 0.6) is 0 Å². The smallest absolute Gasteiger partial charge is 0.184 e. The molecule has 2 N–H and O–H groups in total. The van der Waals surface area contributed by atoms with Gasteiger partial charge in [-0.3, -0.25) is 4.79 Å². The first kappa shape index (κ1) is 8.16. The lowest BCUT2D eigenvalue weighted by molar-refractivity contribution is -0.131. The average Bonchev–Trinajstić information content (AvgIpc) is 2.85. The molecule has 0 spiro atoms. The van der Waals surface area contributed by atoms with Gasteiger partial charge < -0.3 is 10.4 Å². The van der Waals surface area contributed by atoms with Crippen LogP contribution in [-0.2, 0) is 4.79 Å². The highest BCUT2D eigenvalue weighted by Crippen LogP contribution is 2.36. The third-order valence-electron chi connectivity index (χ3n) is 2.46. The first-order valence-electron chi connectivity index (χ1n) is 4.36. The molecule has 1 saturated heterocycles. The minimum Gasteiger partial charge on any atom is -0.382 e. The molecule has 1 unspecified atom stereocenters. The largest absolute Gasteiger partial charge is 0.382 e. The van der Waals surface area contributed by atoms with Gasteiger partial charge in [0.15, 0.2) is 5.78 Å². The molecule has 67 valence electrons. The molecule has 1 heterocycles. The van der Waals surface area contributed by atoms with E-state index in [1.807, 2.05) is 0 Å². The Labute approximate surface area is 71.3 Å². The van der Waals surface area contributed by atoms with Crippen LogP contribution in [0.15, 0.2) is 0 Å². The van der Waals surface area contributed by atoms with Crippen molar-refractivity contribution in [3.05, 3.63) is 0 Å². The highest BCUT2D eigenvalue weighted by molar-refractivity contribution is 5.94. The summed E-state index contributed by atoms with van der Waals surface area (Å²) in [7, 11) is 0. The minimum absolute atomic E-state index is 0.0882.